The molecule has 0 saturated heterocycles. The average molecular weight is 186 g/mol. The number of fused-ring (bicyclic) bond motifs is 1. The summed E-state index contributed by atoms with van der Waals surface area (Å²) in [5.41, 5.74) is 1.77. The minimum atomic E-state index is 0.571. The molecule has 1 aromatic carbocycles. The van der Waals surface area contributed by atoms with Crippen LogP contribution in [0.4, 0.5) is 0 Å². The first-order valence-corrected chi connectivity index (χ1v) is 4.62. The maximum Gasteiger partial charge on any atom is 0.167 e. The normalized spacial score (nSPS) is 10.2. The van der Waals surface area contributed by atoms with Gasteiger partial charge in [-0.3, -0.25) is 0 Å². The van der Waals surface area contributed by atoms with Crippen molar-refractivity contribution in [3.63, 3.8) is 0 Å². The van der Waals surface area contributed by atoms with Gasteiger partial charge in [-0.15, -0.1) is 0 Å². The lowest BCUT2D eigenvalue weighted by atomic mass is 10.1. The molecule has 2 aromatic rings. The summed E-state index contributed by atoms with van der Waals surface area (Å²) in [6, 6.07) is 9.90. The molecule has 3 heteroatoms. The Morgan fingerprint density at radius 3 is 3.07 bits per heavy atom. The lowest BCUT2D eigenvalue weighted by Crippen LogP contribution is -1.84. The van der Waals surface area contributed by atoms with E-state index in [0.717, 1.165) is 29.5 Å². The Labute approximate surface area is 81.9 Å². The Morgan fingerprint density at radius 2 is 2.21 bits per heavy atom. The van der Waals surface area contributed by atoms with Crippen LogP contribution < -0.4 is 0 Å². The third kappa shape index (κ3) is 1.60. The van der Waals surface area contributed by atoms with Crippen molar-refractivity contribution in [1.29, 1.82) is 5.26 Å². The number of hydrogen-bond donors (Lipinski definition) is 0. The first kappa shape index (κ1) is 8.76. The van der Waals surface area contributed by atoms with E-state index in [0.29, 0.717) is 6.42 Å². The molecular formula is C11H10N2O. The highest BCUT2D eigenvalue weighted by Crippen LogP contribution is 2.18. The molecule has 2 rings (SSSR count). The number of aryl methyl sites for hydroxylation is 1. The smallest absolute Gasteiger partial charge is 0.167 e. The third-order valence-corrected chi connectivity index (χ3v) is 2.15. The van der Waals surface area contributed by atoms with Crippen LogP contribution in [0.1, 0.15) is 18.5 Å². The second kappa shape index (κ2) is 3.93. The minimum absolute atomic E-state index is 0.571. The molecular weight excluding hydrogens is 176 g/mol. The number of para-hydroxylation sites is 1. The molecule has 0 unspecified atom stereocenters. The molecule has 0 fully saturated rings. The fourth-order valence-electron chi connectivity index (χ4n) is 1.45. The molecule has 3 nitrogen and oxygen atoms in total. The molecule has 0 N–H and O–H groups in total. The summed E-state index contributed by atoms with van der Waals surface area (Å²) in [7, 11) is 0. The van der Waals surface area contributed by atoms with E-state index in [4.69, 9.17) is 9.78 Å². The molecule has 14 heavy (non-hydrogen) atoms. The topological polar surface area (TPSA) is 49.8 Å². The predicted octanol–water partition coefficient (Wildman–Crippen LogP) is 2.67. The Balaban J connectivity index is 2.22. The molecule has 1 heterocycles. The SMILES string of the molecule is N#CCCCc1noc2ccccc12. The molecule has 0 aliphatic rings. The Kier molecular flexibility index (Phi) is 2.46. The summed E-state index contributed by atoms with van der Waals surface area (Å²) in [6.45, 7) is 0. The second-order valence-electron chi connectivity index (χ2n) is 3.14. The van der Waals surface area contributed by atoms with Crippen LogP contribution in [0.25, 0.3) is 11.0 Å². The van der Waals surface area contributed by atoms with Crippen LogP contribution in [0.5, 0.6) is 0 Å². The molecule has 0 saturated carbocycles. The lowest BCUT2D eigenvalue weighted by molar-refractivity contribution is 0.445. The van der Waals surface area contributed by atoms with E-state index in [2.05, 4.69) is 11.2 Å². The zero-order chi connectivity index (χ0) is 9.80. The molecule has 0 spiro atoms. The van der Waals surface area contributed by atoms with E-state index in [1.165, 1.54) is 0 Å². The molecule has 0 aliphatic heterocycles. The van der Waals surface area contributed by atoms with Gasteiger partial charge in [0.05, 0.1) is 11.8 Å². The van der Waals surface area contributed by atoms with Crippen molar-refractivity contribution in [2.45, 2.75) is 19.3 Å². The standard InChI is InChI=1S/C11H10N2O/c12-8-4-3-6-10-9-5-1-2-7-11(9)14-13-10/h1-2,5,7H,3-4,6H2. The quantitative estimate of drug-likeness (QED) is 0.692. The largest absolute Gasteiger partial charge is 0.356 e. The van der Waals surface area contributed by atoms with Gasteiger partial charge < -0.3 is 4.52 Å². The zero-order valence-electron chi connectivity index (χ0n) is 7.73. The van der Waals surface area contributed by atoms with E-state index in [-0.39, 0.29) is 0 Å². The van der Waals surface area contributed by atoms with Crippen LogP contribution in [0.2, 0.25) is 0 Å². The molecule has 70 valence electrons. The van der Waals surface area contributed by atoms with Crippen molar-refractivity contribution in [2.24, 2.45) is 0 Å². The van der Waals surface area contributed by atoms with Gasteiger partial charge in [0.2, 0.25) is 0 Å². The van der Waals surface area contributed by atoms with Gasteiger partial charge in [-0.2, -0.15) is 5.26 Å². The van der Waals surface area contributed by atoms with Gasteiger partial charge in [0.15, 0.2) is 5.58 Å². The molecule has 0 atom stereocenters. The first-order chi connectivity index (χ1) is 6.92. The molecule has 1 aromatic heterocycles. The van der Waals surface area contributed by atoms with E-state index in [9.17, 15) is 0 Å². The van der Waals surface area contributed by atoms with Crippen molar-refractivity contribution in [3.8, 4) is 6.07 Å². The number of aromatic nitrogens is 1. The number of hydrogen-bond acceptors (Lipinski definition) is 3. The van der Waals surface area contributed by atoms with Crippen molar-refractivity contribution < 1.29 is 4.52 Å². The Bertz CT molecular complexity index is 467. The molecule has 0 bridgehead atoms. The first-order valence-electron chi connectivity index (χ1n) is 4.62. The summed E-state index contributed by atoms with van der Waals surface area (Å²) in [5, 5.41) is 13.5. The summed E-state index contributed by atoms with van der Waals surface area (Å²) >= 11 is 0. The number of unbranched alkanes of at least 4 members (excludes halogenated alkanes) is 1. The number of nitriles is 1. The van der Waals surface area contributed by atoms with Gasteiger partial charge in [-0.25, -0.2) is 0 Å². The lowest BCUT2D eigenvalue weighted by Gasteiger charge is -1.91. The molecule has 0 amide bonds. The highest BCUT2D eigenvalue weighted by Gasteiger charge is 2.05. The predicted molar refractivity (Wildman–Crippen MR) is 52.6 cm³/mol. The van der Waals surface area contributed by atoms with Crippen LogP contribution in [0, 0.1) is 11.3 Å². The van der Waals surface area contributed by atoms with Crippen LogP contribution >= 0.6 is 0 Å². The van der Waals surface area contributed by atoms with Crippen molar-refractivity contribution >= 4 is 11.0 Å². The number of rotatable bonds is 3. The van der Waals surface area contributed by atoms with Crippen molar-refractivity contribution in [2.75, 3.05) is 0 Å². The van der Waals surface area contributed by atoms with Gasteiger partial charge in [0.1, 0.15) is 0 Å². The average Bonchev–Trinajstić information content (AvgIpc) is 2.63. The zero-order valence-corrected chi connectivity index (χ0v) is 7.73. The maximum absolute atomic E-state index is 8.41. The van der Waals surface area contributed by atoms with Gasteiger partial charge in [0, 0.05) is 11.8 Å². The highest BCUT2D eigenvalue weighted by molar-refractivity contribution is 5.79. The van der Waals surface area contributed by atoms with Crippen LogP contribution in [0.15, 0.2) is 28.8 Å². The molecule has 0 radical (unpaired) electrons. The van der Waals surface area contributed by atoms with Gasteiger partial charge in [-0.05, 0) is 25.0 Å². The summed E-state index contributed by atoms with van der Waals surface area (Å²) in [6.07, 6.45) is 2.22. The monoisotopic (exact) mass is 186 g/mol. The Morgan fingerprint density at radius 1 is 1.36 bits per heavy atom. The Hall–Kier alpha value is -1.82. The summed E-state index contributed by atoms with van der Waals surface area (Å²) in [5.74, 6) is 0. The fourth-order valence-corrected chi connectivity index (χ4v) is 1.45. The van der Waals surface area contributed by atoms with Gasteiger partial charge in [0.25, 0.3) is 0 Å². The fraction of sp³-hybridized carbons (Fsp3) is 0.273. The van der Waals surface area contributed by atoms with E-state index >= 15 is 0 Å². The van der Waals surface area contributed by atoms with E-state index < -0.39 is 0 Å². The van der Waals surface area contributed by atoms with Crippen molar-refractivity contribution in [3.05, 3.63) is 30.0 Å². The van der Waals surface area contributed by atoms with Crippen LogP contribution in [0.3, 0.4) is 0 Å². The van der Waals surface area contributed by atoms with Crippen LogP contribution in [-0.4, -0.2) is 5.16 Å². The number of benzene rings is 1. The third-order valence-electron chi connectivity index (χ3n) is 2.15. The summed E-state index contributed by atoms with van der Waals surface area (Å²) < 4.78 is 5.15. The van der Waals surface area contributed by atoms with Crippen molar-refractivity contribution in [1.82, 2.24) is 5.16 Å². The maximum atomic E-state index is 8.41. The van der Waals surface area contributed by atoms with Gasteiger partial charge >= 0.3 is 0 Å². The van der Waals surface area contributed by atoms with Gasteiger partial charge in [-0.1, -0.05) is 17.3 Å². The highest BCUT2D eigenvalue weighted by atomic mass is 16.5. The minimum Gasteiger partial charge on any atom is -0.356 e. The number of nitrogens with zero attached hydrogens (tertiary/aromatic N) is 2. The van der Waals surface area contributed by atoms with E-state index in [1.54, 1.807) is 0 Å². The summed E-state index contributed by atoms with van der Waals surface area (Å²) in [4.78, 5) is 0. The van der Waals surface area contributed by atoms with Crippen LogP contribution in [-0.2, 0) is 6.42 Å². The second-order valence-corrected chi connectivity index (χ2v) is 3.14. The van der Waals surface area contributed by atoms with E-state index in [1.807, 2.05) is 24.3 Å². The molecule has 0 aliphatic carbocycles.